The fourth-order valence-electron chi connectivity index (χ4n) is 1.55. The molecular formula is C13H12N2O4S. The van der Waals surface area contributed by atoms with Crippen molar-refractivity contribution in [3.63, 3.8) is 0 Å². The normalized spacial score (nSPS) is 10.8. The molecule has 0 aliphatic rings. The van der Waals surface area contributed by atoms with Gasteiger partial charge in [0.1, 0.15) is 0 Å². The molecule has 0 saturated heterocycles. The van der Waals surface area contributed by atoms with E-state index in [0.717, 1.165) is 0 Å². The van der Waals surface area contributed by atoms with Gasteiger partial charge in [-0.05, 0) is 30.3 Å². The molecule has 0 atom stereocenters. The van der Waals surface area contributed by atoms with E-state index < -0.39 is 16.0 Å². The minimum absolute atomic E-state index is 0.0238. The van der Waals surface area contributed by atoms with E-state index in [4.69, 9.17) is 0 Å². The maximum Gasteiger partial charge on any atom is 0.337 e. The number of ether oxygens (including phenoxy) is 1. The monoisotopic (exact) mass is 292 g/mol. The number of nitrogens with one attached hydrogen (secondary N) is 1. The van der Waals surface area contributed by atoms with E-state index >= 15 is 0 Å². The van der Waals surface area contributed by atoms with Gasteiger partial charge in [0.05, 0.1) is 29.5 Å². The van der Waals surface area contributed by atoms with Crippen LogP contribution >= 0.6 is 0 Å². The number of sulfonamides is 1. The van der Waals surface area contributed by atoms with Gasteiger partial charge < -0.3 is 4.74 Å². The largest absolute Gasteiger partial charge is 0.465 e. The molecule has 2 rings (SSSR count). The third-order valence-corrected chi connectivity index (χ3v) is 3.86. The first-order valence-corrected chi connectivity index (χ1v) is 7.12. The Kier molecular flexibility index (Phi) is 3.99. The summed E-state index contributed by atoms with van der Waals surface area (Å²) >= 11 is 0. The number of anilines is 1. The van der Waals surface area contributed by atoms with Gasteiger partial charge in [0.2, 0.25) is 0 Å². The van der Waals surface area contributed by atoms with Crippen LogP contribution in [0.5, 0.6) is 0 Å². The van der Waals surface area contributed by atoms with Crippen molar-refractivity contribution in [3.8, 4) is 0 Å². The highest BCUT2D eigenvalue weighted by atomic mass is 32.2. The van der Waals surface area contributed by atoms with Crippen LogP contribution < -0.4 is 4.72 Å². The molecule has 1 aromatic carbocycles. The highest BCUT2D eigenvalue weighted by Gasteiger charge is 2.16. The van der Waals surface area contributed by atoms with Crippen molar-refractivity contribution in [1.82, 2.24) is 4.98 Å². The summed E-state index contributed by atoms with van der Waals surface area (Å²) in [5, 5.41) is 0. The number of rotatable bonds is 4. The summed E-state index contributed by atoms with van der Waals surface area (Å²) in [6.07, 6.45) is 2.93. The predicted molar refractivity (Wildman–Crippen MR) is 72.8 cm³/mol. The zero-order valence-electron chi connectivity index (χ0n) is 10.6. The van der Waals surface area contributed by atoms with Crippen molar-refractivity contribution in [2.24, 2.45) is 0 Å². The average Bonchev–Trinajstić information content (AvgIpc) is 2.47. The van der Waals surface area contributed by atoms with E-state index in [1.54, 1.807) is 12.1 Å². The van der Waals surface area contributed by atoms with Crippen molar-refractivity contribution in [3.05, 3.63) is 54.4 Å². The number of carbonyl (C=O) groups is 1. The lowest BCUT2D eigenvalue weighted by Gasteiger charge is -2.08. The molecule has 0 saturated carbocycles. The smallest absolute Gasteiger partial charge is 0.337 e. The Bertz CT molecular complexity index is 714. The number of methoxy groups -OCH3 is 1. The Morgan fingerprint density at radius 2 is 2.05 bits per heavy atom. The minimum atomic E-state index is -3.78. The summed E-state index contributed by atoms with van der Waals surface area (Å²) in [4.78, 5) is 15.2. The molecule has 0 bridgehead atoms. The summed E-state index contributed by atoms with van der Waals surface area (Å²) in [6, 6.07) is 8.80. The summed E-state index contributed by atoms with van der Waals surface area (Å²) < 4.78 is 31.3. The van der Waals surface area contributed by atoms with Crippen LogP contribution in [0.25, 0.3) is 0 Å². The third kappa shape index (κ3) is 3.12. The van der Waals surface area contributed by atoms with Crippen LogP contribution in [0, 0.1) is 0 Å². The molecule has 0 aliphatic heterocycles. The Balaban J connectivity index is 2.33. The number of aromatic nitrogens is 1. The van der Waals surface area contributed by atoms with E-state index in [9.17, 15) is 13.2 Å². The lowest BCUT2D eigenvalue weighted by molar-refractivity contribution is 0.0600. The van der Waals surface area contributed by atoms with Gasteiger partial charge in [-0.2, -0.15) is 0 Å². The number of nitrogens with zero attached hydrogens (tertiary/aromatic N) is 1. The van der Waals surface area contributed by atoms with Crippen LogP contribution in [0.3, 0.4) is 0 Å². The molecule has 6 nitrogen and oxygen atoms in total. The second-order valence-electron chi connectivity index (χ2n) is 3.87. The summed E-state index contributed by atoms with van der Waals surface area (Å²) in [5.74, 6) is -0.594. The SMILES string of the molecule is COC(=O)c1cccc(S(=O)(=O)Nc2cccnc2)c1. The Hall–Kier alpha value is -2.41. The molecule has 1 N–H and O–H groups in total. The zero-order chi connectivity index (χ0) is 14.6. The Morgan fingerprint density at radius 3 is 2.70 bits per heavy atom. The second-order valence-corrected chi connectivity index (χ2v) is 5.55. The number of hydrogen-bond acceptors (Lipinski definition) is 5. The summed E-state index contributed by atoms with van der Waals surface area (Å²) in [5.41, 5.74) is 0.512. The fourth-order valence-corrected chi connectivity index (χ4v) is 2.63. The average molecular weight is 292 g/mol. The van der Waals surface area contributed by atoms with Gasteiger partial charge in [0.15, 0.2) is 0 Å². The van der Waals surface area contributed by atoms with Crippen LogP contribution in [-0.2, 0) is 14.8 Å². The van der Waals surface area contributed by atoms with Gasteiger partial charge in [-0.1, -0.05) is 6.07 Å². The number of pyridine rings is 1. The van der Waals surface area contributed by atoms with Crippen LogP contribution in [0.1, 0.15) is 10.4 Å². The van der Waals surface area contributed by atoms with E-state index in [2.05, 4.69) is 14.4 Å². The maximum absolute atomic E-state index is 12.2. The molecule has 0 fully saturated rings. The van der Waals surface area contributed by atoms with Crippen molar-refractivity contribution in [1.29, 1.82) is 0 Å². The molecule has 0 amide bonds. The van der Waals surface area contributed by atoms with Crippen LogP contribution in [0.15, 0.2) is 53.7 Å². The number of benzene rings is 1. The second kappa shape index (κ2) is 5.70. The topological polar surface area (TPSA) is 85.4 Å². The number of carbonyl (C=O) groups excluding carboxylic acids is 1. The number of esters is 1. The maximum atomic E-state index is 12.2. The van der Waals surface area contributed by atoms with E-state index in [0.29, 0.717) is 5.69 Å². The Labute approximate surface area is 116 Å². The molecule has 0 aliphatic carbocycles. The van der Waals surface area contributed by atoms with Crippen molar-refractivity contribution < 1.29 is 17.9 Å². The minimum Gasteiger partial charge on any atom is -0.465 e. The molecule has 0 spiro atoms. The quantitative estimate of drug-likeness (QED) is 0.866. The van der Waals surface area contributed by atoms with Gasteiger partial charge >= 0.3 is 5.97 Å². The molecular weight excluding hydrogens is 280 g/mol. The highest BCUT2D eigenvalue weighted by Crippen LogP contribution is 2.16. The van der Waals surface area contributed by atoms with Crippen LogP contribution in [0.2, 0.25) is 0 Å². The van der Waals surface area contributed by atoms with Crippen LogP contribution in [-0.4, -0.2) is 26.5 Å². The lowest BCUT2D eigenvalue weighted by atomic mass is 10.2. The molecule has 20 heavy (non-hydrogen) atoms. The van der Waals surface area contributed by atoms with Crippen molar-refractivity contribution in [2.45, 2.75) is 4.90 Å². The first-order chi connectivity index (χ1) is 9.53. The molecule has 1 aromatic heterocycles. The van der Waals surface area contributed by atoms with E-state index in [-0.39, 0.29) is 10.5 Å². The first kappa shape index (κ1) is 14.0. The molecule has 2 aromatic rings. The van der Waals surface area contributed by atoms with Crippen LogP contribution in [0.4, 0.5) is 5.69 Å². The molecule has 1 heterocycles. The van der Waals surface area contributed by atoms with Gasteiger partial charge in [-0.25, -0.2) is 13.2 Å². The van der Waals surface area contributed by atoms with Crippen molar-refractivity contribution >= 4 is 21.7 Å². The molecule has 0 unspecified atom stereocenters. The third-order valence-electron chi connectivity index (χ3n) is 2.48. The fraction of sp³-hybridized carbons (Fsp3) is 0.0769. The van der Waals surface area contributed by atoms with Gasteiger partial charge in [0.25, 0.3) is 10.0 Å². The number of hydrogen-bond donors (Lipinski definition) is 1. The van der Waals surface area contributed by atoms with E-state index in [1.807, 2.05) is 0 Å². The highest BCUT2D eigenvalue weighted by molar-refractivity contribution is 7.92. The van der Waals surface area contributed by atoms with Crippen molar-refractivity contribution in [2.75, 3.05) is 11.8 Å². The standard InChI is InChI=1S/C13H12N2O4S/c1-19-13(16)10-4-2-6-12(8-10)20(17,18)15-11-5-3-7-14-9-11/h2-9,15H,1H3. The Morgan fingerprint density at radius 1 is 1.25 bits per heavy atom. The molecule has 7 heteroatoms. The summed E-state index contributed by atoms with van der Waals surface area (Å²) in [6.45, 7) is 0. The predicted octanol–water partition coefficient (Wildman–Crippen LogP) is 1.67. The molecule has 104 valence electrons. The lowest BCUT2D eigenvalue weighted by Crippen LogP contribution is -2.14. The molecule has 0 radical (unpaired) electrons. The van der Waals surface area contributed by atoms with Gasteiger partial charge in [-0.3, -0.25) is 9.71 Å². The zero-order valence-corrected chi connectivity index (χ0v) is 11.4. The van der Waals surface area contributed by atoms with Gasteiger partial charge in [0, 0.05) is 6.20 Å². The van der Waals surface area contributed by atoms with E-state index in [1.165, 1.54) is 43.8 Å². The summed E-state index contributed by atoms with van der Waals surface area (Å²) in [7, 11) is -2.54. The first-order valence-electron chi connectivity index (χ1n) is 5.64. The van der Waals surface area contributed by atoms with Gasteiger partial charge in [-0.15, -0.1) is 0 Å².